The fourth-order valence-electron chi connectivity index (χ4n) is 0.990. The highest BCUT2D eigenvalue weighted by atomic mass is 19.4. The minimum atomic E-state index is -4.92. The number of carbonyl (C=O) groups is 2. The number of carbonyl (C=O) groups excluding carboxylic acids is 2. The van der Waals surface area contributed by atoms with Gasteiger partial charge in [-0.3, -0.25) is 9.59 Å². The number of halogens is 3. The molecule has 0 aromatic heterocycles. The van der Waals surface area contributed by atoms with Crippen molar-refractivity contribution in [2.75, 3.05) is 5.32 Å². The second-order valence-corrected chi connectivity index (χ2v) is 3.09. The Balaban J connectivity index is 2.77. The number of ketones is 1. The molecule has 3 nitrogen and oxygen atoms in total. The molecule has 0 aliphatic rings. The Kier molecular flexibility index (Phi) is 3.31. The lowest BCUT2D eigenvalue weighted by Gasteiger charge is -2.07. The normalized spacial score (nSPS) is 11.0. The summed E-state index contributed by atoms with van der Waals surface area (Å²) in [7, 11) is 0. The van der Waals surface area contributed by atoms with Gasteiger partial charge in [0.2, 0.25) is 0 Å². The molecule has 1 N–H and O–H groups in total. The molecular weight excluding hydrogens is 223 g/mol. The molecule has 1 aromatic rings. The van der Waals surface area contributed by atoms with Crippen LogP contribution in [0.15, 0.2) is 24.3 Å². The number of alkyl halides is 3. The van der Waals surface area contributed by atoms with Crippen LogP contribution in [0, 0.1) is 0 Å². The maximum Gasteiger partial charge on any atom is 0.471 e. The number of benzene rings is 1. The number of nitrogens with one attached hydrogen (secondary N) is 1. The molecule has 0 saturated heterocycles. The first kappa shape index (κ1) is 12.2. The lowest BCUT2D eigenvalue weighted by atomic mass is 10.1. The molecule has 0 heterocycles. The predicted molar refractivity (Wildman–Crippen MR) is 51.1 cm³/mol. The predicted octanol–water partition coefficient (Wildman–Crippen LogP) is 2.39. The Morgan fingerprint density at radius 2 is 1.62 bits per heavy atom. The number of Topliss-reactive ketones (excluding diaryl/α,β-unsaturated/α-hetero) is 1. The molecular formula is C10H8F3NO2. The topological polar surface area (TPSA) is 46.2 Å². The van der Waals surface area contributed by atoms with E-state index in [1.165, 1.54) is 31.2 Å². The van der Waals surface area contributed by atoms with Crippen molar-refractivity contribution in [2.24, 2.45) is 0 Å². The fraction of sp³-hybridized carbons (Fsp3) is 0.200. The van der Waals surface area contributed by atoms with Gasteiger partial charge in [-0.15, -0.1) is 0 Å². The minimum absolute atomic E-state index is 0.00711. The summed E-state index contributed by atoms with van der Waals surface area (Å²) in [6.45, 7) is 1.34. The van der Waals surface area contributed by atoms with Crippen molar-refractivity contribution >= 4 is 17.4 Å². The van der Waals surface area contributed by atoms with E-state index in [0.29, 0.717) is 5.56 Å². The van der Waals surface area contributed by atoms with E-state index in [9.17, 15) is 22.8 Å². The highest BCUT2D eigenvalue weighted by Gasteiger charge is 2.38. The lowest BCUT2D eigenvalue weighted by Crippen LogP contribution is -2.29. The summed E-state index contributed by atoms with van der Waals surface area (Å²) in [5.74, 6) is -2.24. The minimum Gasteiger partial charge on any atom is -0.318 e. The van der Waals surface area contributed by atoms with E-state index in [1.807, 2.05) is 0 Å². The number of rotatable bonds is 2. The monoisotopic (exact) mass is 231 g/mol. The van der Waals surface area contributed by atoms with Crippen LogP contribution >= 0.6 is 0 Å². The standard InChI is InChI=1S/C10H8F3NO2/c1-6(15)7-2-4-8(5-3-7)14-9(16)10(11,12)13/h2-5H,1H3,(H,14,16). The van der Waals surface area contributed by atoms with E-state index in [4.69, 9.17) is 0 Å². The zero-order valence-corrected chi connectivity index (χ0v) is 8.26. The number of anilines is 1. The molecule has 0 unspecified atom stereocenters. The summed E-state index contributed by atoms with van der Waals surface area (Å²) in [4.78, 5) is 21.4. The van der Waals surface area contributed by atoms with E-state index in [-0.39, 0.29) is 11.5 Å². The first-order valence-electron chi connectivity index (χ1n) is 4.30. The summed E-state index contributed by atoms with van der Waals surface area (Å²) in [5, 5.41) is 1.67. The van der Waals surface area contributed by atoms with Gasteiger partial charge in [-0.25, -0.2) is 0 Å². The van der Waals surface area contributed by atoms with Gasteiger partial charge in [0.25, 0.3) is 0 Å². The highest BCUT2D eigenvalue weighted by Crippen LogP contribution is 2.18. The van der Waals surface area contributed by atoms with Crippen LogP contribution in [0.25, 0.3) is 0 Å². The van der Waals surface area contributed by atoms with E-state index in [1.54, 1.807) is 5.32 Å². The Morgan fingerprint density at radius 1 is 1.12 bits per heavy atom. The van der Waals surface area contributed by atoms with Gasteiger partial charge in [0, 0.05) is 11.3 Å². The average molecular weight is 231 g/mol. The molecule has 1 amide bonds. The van der Waals surface area contributed by atoms with Crippen LogP contribution in [0.4, 0.5) is 18.9 Å². The Morgan fingerprint density at radius 3 is 2.00 bits per heavy atom. The second-order valence-electron chi connectivity index (χ2n) is 3.09. The Hall–Kier alpha value is -1.85. The van der Waals surface area contributed by atoms with E-state index >= 15 is 0 Å². The van der Waals surface area contributed by atoms with Gasteiger partial charge in [-0.1, -0.05) is 0 Å². The van der Waals surface area contributed by atoms with Crippen LogP contribution in [-0.2, 0) is 4.79 Å². The fourth-order valence-corrected chi connectivity index (χ4v) is 0.990. The molecule has 0 spiro atoms. The van der Waals surface area contributed by atoms with Crippen molar-refractivity contribution in [3.8, 4) is 0 Å². The molecule has 0 bridgehead atoms. The molecule has 1 aromatic carbocycles. The Labute approximate surface area is 89.3 Å². The summed E-state index contributed by atoms with van der Waals surface area (Å²) in [5.41, 5.74) is 0.359. The molecule has 0 radical (unpaired) electrons. The number of hydrogen-bond donors (Lipinski definition) is 1. The smallest absolute Gasteiger partial charge is 0.318 e. The van der Waals surface area contributed by atoms with E-state index in [2.05, 4.69) is 0 Å². The zero-order chi connectivity index (χ0) is 12.3. The van der Waals surface area contributed by atoms with Crippen LogP contribution in [0.5, 0.6) is 0 Å². The van der Waals surface area contributed by atoms with Gasteiger partial charge in [0.1, 0.15) is 0 Å². The quantitative estimate of drug-likeness (QED) is 0.794. The molecule has 86 valence electrons. The molecule has 0 aliphatic carbocycles. The van der Waals surface area contributed by atoms with Gasteiger partial charge < -0.3 is 5.32 Å². The third-order valence-electron chi connectivity index (χ3n) is 1.81. The van der Waals surface area contributed by atoms with Crippen LogP contribution in [0.2, 0.25) is 0 Å². The molecule has 1 rings (SSSR count). The first-order chi connectivity index (χ1) is 7.30. The molecule has 0 atom stereocenters. The van der Waals surface area contributed by atoms with Gasteiger partial charge in [0.15, 0.2) is 5.78 Å². The third-order valence-corrected chi connectivity index (χ3v) is 1.81. The maximum absolute atomic E-state index is 11.9. The van der Waals surface area contributed by atoms with Crippen LogP contribution < -0.4 is 5.32 Å². The van der Waals surface area contributed by atoms with Gasteiger partial charge in [0.05, 0.1) is 0 Å². The average Bonchev–Trinajstić information content (AvgIpc) is 2.17. The summed E-state index contributed by atoms with van der Waals surface area (Å²) < 4.78 is 35.6. The molecule has 0 saturated carbocycles. The van der Waals surface area contributed by atoms with Crippen molar-refractivity contribution in [3.05, 3.63) is 29.8 Å². The van der Waals surface area contributed by atoms with Gasteiger partial charge in [-0.05, 0) is 31.2 Å². The number of amides is 1. The largest absolute Gasteiger partial charge is 0.471 e. The molecule has 16 heavy (non-hydrogen) atoms. The van der Waals surface area contributed by atoms with Crippen molar-refractivity contribution in [3.63, 3.8) is 0 Å². The van der Waals surface area contributed by atoms with Crippen LogP contribution in [-0.4, -0.2) is 17.9 Å². The summed E-state index contributed by atoms with van der Waals surface area (Å²) in [6.07, 6.45) is -4.92. The van der Waals surface area contributed by atoms with Crippen molar-refractivity contribution in [2.45, 2.75) is 13.1 Å². The summed E-state index contributed by atoms with van der Waals surface area (Å²) in [6, 6.07) is 5.16. The van der Waals surface area contributed by atoms with E-state index < -0.39 is 12.1 Å². The molecule has 0 aliphatic heterocycles. The van der Waals surface area contributed by atoms with Crippen LogP contribution in [0.1, 0.15) is 17.3 Å². The van der Waals surface area contributed by atoms with Crippen molar-refractivity contribution < 1.29 is 22.8 Å². The summed E-state index contributed by atoms with van der Waals surface area (Å²) >= 11 is 0. The van der Waals surface area contributed by atoms with Crippen molar-refractivity contribution in [1.82, 2.24) is 0 Å². The lowest BCUT2D eigenvalue weighted by molar-refractivity contribution is -0.167. The van der Waals surface area contributed by atoms with Gasteiger partial charge in [-0.2, -0.15) is 13.2 Å². The molecule has 6 heteroatoms. The maximum atomic E-state index is 11.9. The first-order valence-corrected chi connectivity index (χ1v) is 4.30. The van der Waals surface area contributed by atoms with Gasteiger partial charge >= 0.3 is 12.1 Å². The van der Waals surface area contributed by atoms with E-state index in [0.717, 1.165) is 0 Å². The third kappa shape index (κ3) is 3.08. The number of hydrogen-bond acceptors (Lipinski definition) is 2. The Bertz CT molecular complexity index is 409. The van der Waals surface area contributed by atoms with Crippen molar-refractivity contribution in [1.29, 1.82) is 0 Å². The van der Waals surface area contributed by atoms with Crippen LogP contribution in [0.3, 0.4) is 0 Å². The zero-order valence-electron chi connectivity index (χ0n) is 8.26. The molecule has 0 fully saturated rings. The second kappa shape index (κ2) is 4.34. The highest BCUT2D eigenvalue weighted by molar-refractivity contribution is 5.97. The SMILES string of the molecule is CC(=O)c1ccc(NC(=O)C(F)(F)F)cc1.